The summed E-state index contributed by atoms with van der Waals surface area (Å²) in [5.74, 6) is 0. The minimum absolute atomic E-state index is 1.24. The van der Waals surface area contributed by atoms with Crippen LogP contribution in [0.25, 0.3) is 0 Å². The number of benzene rings is 2. The molecule has 0 aliphatic rings. The maximum Gasteiger partial charge on any atom is 0.407 e. The quantitative estimate of drug-likeness (QED) is 0.801. The van der Waals surface area contributed by atoms with Crippen LogP contribution < -0.4 is 10.4 Å². The summed E-state index contributed by atoms with van der Waals surface area (Å²) in [6, 6.07) is 8.89. The zero-order chi connectivity index (χ0) is 17.4. The van der Waals surface area contributed by atoms with Gasteiger partial charge in [0.2, 0.25) is 0 Å². The molecule has 0 heterocycles. The van der Waals surface area contributed by atoms with Gasteiger partial charge in [0.25, 0.3) is 0 Å². The first-order valence-corrected chi connectivity index (χ1v) is 9.85. The van der Waals surface area contributed by atoms with Gasteiger partial charge in [-0.25, -0.2) is 0 Å². The lowest BCUT2D eigenvalue weighted by Crippen LogP contribution is -2.65. The van der Waals surface area contributed by atoms with Gasteiger partial charge in [-0.3, -0.25) is 0 Å². The molecule has 2 nitrogen and oxygen atoms in total. The molecule has 0 aliphatic carbocycles. The van der Waals surface area contributed by atoms with Crippen molar-refractivity contribution in [1.82, 2.24) is 0 Å². The Morgan fingerprint density at radius 2 is 0.826 bits per heavy atom. The highest BCUT2D eigenvalue weighted by atomic mass is 28.4. The van der Waals surface area contributed by atoms with Crippen LogP contribution in [0.4, 0.5) is 0 Å². The predicted octanol–water partition coefficient (Wildman–Crippen LogP) is 3.39. The highest BCUT2D eigenvalue weighted by molar-refractivity contribution is 6.93. The van der Waals surface area contributed by atoms with E-state index in [9.17, 15) is 0 Å². The molecule has 0 fully saturated rings. The van der Waals surface area contributed by atoms with E-state index in [0.717, 1.165) is 0 Å². The SMILES string of the molecule is CO[Si](OC)(c1c(C)cc(C)cc1C)c1c(C)cc(C)cc1C. The van der Waals surface area contributed by atoms with E-state index in [2.05, 4.69) is 65.8 Å². The van der Waals surface area contributed by atoms with Crippen LogP contribution in [0.1, 0.15) is 33.4 Å². The van der Waals surface area contributed by atoms with Gasteiger partial charge >= 0.3 is 8.56 Å². The van der Waals surface area contributed by atoms with E-state index in [1.807, 2.05) is 0 Å². The Morgan fingerprint density at radius 3 is 1.04 bits per heavy atom. The van der Waals surface area contributed by atoms with Gasteiger partial charge in [-0.05, 0) is 63.8 Å². The Labute approximate surface area is 141 Å². The molecule has 2 aromatic carbocycles. The molecule has 3 heteroatoms. The van der Waals surface area contributed by atoms with Crippen molar-refractivity contribution < 1.29 is 8.85 Å². The first-order valence-electron chi connectivity index (χ1n) is 8.03. The monoisotopic (exact) mass is 328 g/mol. The van der Waals surface area contributed by atoms with Crippen LogP contribution in [0.2, 0.25) is 0 Å². The van der Waals surface area contributed by atoms with E-state index in [-0.39, 0.29) is 0 Å². The van der Waals surface area contributed by atoms with Crippen LogP contribution in [0.3, 0.4) is 0 Å². The molecule has 0 bridgehead atoms. The summed E-state index contributed by atoms with van der Waals surface area (Å²) in [5.41, 5.74) is 7.54. The number of hydrogen-bond acceptors (Lipinski definition) is 2. The van der Waals surface area contributed by atoms with Gasteiger partial charge in [-0.2, -0.15) is 0 Å². The van der Waals surface area contributed by atoms with Gasteiger partial charge in [0.1, 0.15) is 0 Å². The Kier molecular flexibility index (Phi) is 5.14. The smallest absolute Gasteiger partial charge is 0.391 e. The fraction of sp³-hybridized carbons (Fsp3) is 0.400. The van der Waals surface area contributed by atoms with Crippen LogP contribution in [0, 0.1) is 41.5 Å². The summed E-state index contributed by atoms with van der Waals surface area (Å²) in [4.78, 5) is 0. The molecule has 0 saturated heterocycles. The van der Waals surface area contributed by atoms with E-state index >= 15 is 0 Å². The van der Waals surface area contributed by atoms with Gasteiger partial charge in [0, 0.05) is 24.6 Å². The summed E-state index contributed by atoms with van der Waals surface area (Å²) < 4.78 is 12.4. The van der Waals surface area contributed by atoms with E-state index in [1.54, 1.807) is 14.2 Å². The number of rotatable bonds is 4. The molecule has 0 aliphatic heterocycles. The Morgan fingerprint density at radius 1 is 0.565 bits per heavy atom. The van der Waals surface area contributed by atoms with Crippen molar-refractivity contribution in [2.45, 2.75) is 41.5 Å². The Bertz CT molecular complexity index is 625. The van der Waals surface area contributed by atoms with Crippen molar-refractivity contribution in [3.05, 3.63) is 57.6 Å². The summed E-state index contributed by atoms with van der Waals surface area (Å²) in [5, 5.41) is 2.48. The van der Waals surface area contributed by atoms with Crippen LogP contribution in [-0.4, -0.2) is 22.8 Å². The Hall–Kier alpha value is -1.42. The largest absolute Gasteiger partial charge is 0.407 e. The third-order valence-electron chi connectivity index (χ3n) is 4.59. The zero-order valence-electron chi connectivity index (χ0n) is 15.6. The molecule has 0 atom stereocenters. The molecule has 2 aromatic rings. The molecule has 124 valence electrons. The lowest BCUT2D eigenvalue weighted by molar-refractivity contribution is 0.272. The van der Waals surface area contributed by atoms with Crippen molar-refractivity contribution in [1.29, 1.82) is 0 Å². The predicted molar refractivity (Wildman–Crippen MR) is 100 cm³/mol. The minimum atomic E-state index is -2.72. The molecule has 0 aromatic heterocycles. The first-order chi connectivity index (χ1) is 10.8. The van der Waals surface area contributed by atoms with Crippen LogP contribution in [0.15, 0.2) is 24.3 Å². The van der Waals surface area contributed by atoms with E-state index in [4.69, 9.17) is 8.85 Å². The summed E-state index contributed by atoms with van der Waals surface area (Å²) in [6.45, 7) is 12.9. The van der Waals surface area contributed by atoms with Crippen molar-refractivity contribution in [2.24, 2.45) is 0 Å². The third-order valence-corrected chi connectivity index (χ3v) is 8.63. The van der Waals surface area contributed by atoms with Crippen molar-refractivity contribution in [3.8, 4) is 0 Å². The van der Waals surface area contributed by atoms with Crippen LogP contribution in [-0.2, 0) is 8.85 Å². The van der Waals surface area contributed by atoms with E-state index < -0.39 is 8.56 Å². The lowest BCUT2D eigenvalue weighted by atomic mass is 10.1. The third kappa shape index (κ3) is 3.01. The Balaban J connectivity index is 2.87. The van der Waals surface area contributed by atoms with Gasteiger partial charge < -0.3 is 8.85 Å². The average Bonchev–Trinajstić information content (AvgIpc) is 2.43. The van der Waals surface area contributed by atoms with Gasteiger partial charge in [0.05, 0.1) is 0 Å². The molecule has 0 amide bonds. The molecule has 0 spiro atoms. The number of aryl methyl sites for hydroxylation is 6. The second kappa shape index (κ2) is 6.60. The molecule has 0 saturated carbocycles. The number of hydrogen-bond donors (Lipinski definition) is 0. The maximum atomic E-state index is 6.18. The minimum Gasteiger partial charge on any atom is -0.391 e. The molecule has 0 unspecified atom stereocenters. The van der Waals surface area contributed by atoms with Gasteiger partial charge in [-0.15, -0.1) is 0 Å². The molecular weight excluding hydrogens is 300 g/mol. The normalized spacial score (nSPS) is 11.8. The summed E-state index contributed by atoms with van der Waals surface area (Å²) in [6.07, 6.45) is 0. The van der Waals surface area contributed by atoms with Crippen molar-refractivity contribution in [3.63, 3.8) is 0 Å². The van der Waals surface area contributed by atoms with E-state index in [0.29, 0.717) is 0 Å². The zero-order valence-corrected chi connectivity index (χ0v) is 16.6. The van der Waals surface area contributed by atoms with E-state index in [1.165, 1.54) is 43.8 Å². The van der Waals surface area contributed by atoms with Crippen LogP contribution >= 0.6 is 0 Å². The molecule has 2 rings (SSSR count). The van der Waals surface area contributed by atoms with Crippen molar-refractivity contribution >= 4 is 18.9 Å². The van der Waals surface area contributed by atoms with Gasteiger partial charge in [0.15, 0.2) is 0 Å². The standard InChI is InChI=1S/C20H28O2Si/c1-13-9-15(3)19(16(4)10-13)23(21-7,22-8)20-17(5)11-14(2)12-18(20)6/h9-12H,1-8H3. The highest BCUT2D eigenvalue weighted by Crippen LogP contribution is 2.19. The summed E-state index contributed by atoms with van der Waals surface area (Å²) in [7, 11) is 0.850. The van der Waals surface area contributed by atoms with Crippen LogP contribution in [0.5, 0.6) is 0 Å². The fourth-order valence-electron chi connectivity index (χ4n) is 4.01. The highest BCUT2D eigenvalue weighted by Gasteiger charge is 2.45. The molecule has 23 heavy (non-hydrogen) atoms. The molecule has 0 N–H and O–H groups in total. The fourth-order valence-corrected chi connectivity index (χ4v) is 7.61. The first kappa shape index (κ1) is 17.9. The summed E-state index contributed by atoms with van der Waals surface area (Å²) >= 11 is 0. The lowest BCUT2D eigenvalue weighted by Gasteiger charge is -2.33. The second-order valence-electron chi connectivity index (χ2n) is 6.57. The topological polar surface area (TPSA) is 18.5 Å². The average molecular weight is 329 g/mol. The van der Waals surface area contributed by atoms with Gasteiger partial charge in [-0.1, -0.05) is 35.4 Å². The van der Waals surface area contributed by atoms with Crippen molar-refractivity contribution in [2.75, 3.05) is 14.2 Å². The molecule has 0 radical (unpaired) electrons. The molecular formula is C20H28O2Si. The maximum absolute atomic E-state index is 6.18. The second-order valence-corrected chi connectivity index (χ2v) is 9.62.